The van der Waals surface area contributed by atoms with Gasteiger partial charge in [-0.2, -0.15) is 0 Å². The Labute approximate surface area is 109 Å². The summed E-state index contributed by atoms with van der Waals surface area (Å²) >= 11 is 3.43. The molecule has 0 saturated carbocycles. The lowest BCUT2D eigenvalue weighted by Crippen LogP contribution is -2.19. The first kappa shape index (κ1) is 12.1. The van der Waals surface area contributed by atoms with Crippen molar-refractivity contribution in [1.29, 1.82) is 0 Å². The summed E-state index contributed by atoms with van der Waals surface area (Å²) in [6, 6.07) is 10.1. The van der Waals surface area contributed by atoms with Crippen LogP contribution in [-0.2, 0) is 0 Å². The molecule has 4 heteroatoms. The zero-order valence-electron chi connectivity index (χ0n) is 9.52. The number of benzene rings is 1. The molecule has 2 aromatic rings. The molecule has 0 aliphatic rings. The van der Waals surface area contributed by atoms with E-state index in [0.717, 1.165) is 21.3 Å². The molecule has 1 atom stereocenters. The first-order chi connectivity index (χ1) is 8.22. The number of nitrogen functional groups attached to an aromatic ring is 1. The van der Waals surface area contributed by atoms with Crippen molar-refractivity contribution in [1.82, 2.24) is 10.3 Å². The first-order valence-corrected chi connectivity index (χ1v) is 6.14. The molecule has 17 heavy (non-hydrogen) atoms. The fraction of sp³-hybridized carbons (Fsp3) is 0.154. The van der Waals surface area contributed by atoms with E-state index in [9.17, 15) is 0 Å². The maximum Gasteiger partial charge on any atom is 0.0610 e. The van der Waals surface area contributed by atoms with Crippen LogP contribution in [0.25, 0.3) is 0 Å². The summed E-state index contributed by atoms with van der Waals surface area (Å²) in [7, 11) is 1.92. The maximum atomic E-state index is 5.98. The Hall–Kier alpha value is -1.39. The van der Waals surface area contributed by atoms with E-state index in [2.05, 4.69) is 38.4 Å². The Balaban J connectivity index is 2.40. The summed E-state index contributed by atoms with van der Waals surface area (Å²) in [4.78, 5) is 4.13. The van der Waals surface area contributed by atoms with Gasteiger partial charge in [0.25, 0.3) is 0 Å². The van der Waals surface area contributed by atoms with Crippen LogP contribution in [0.1, 0.15) is 17.2 Å². The van der Waals surface area contributed by atoms with E-state index in [4.69, 9.17) is 5.73 Å². The fourth-order valence-corrected chi connectivity index (χ4v) is 2.08. The molecule has 2 rings (SSSR count). The van der Waals surface area contributed by atoms with Crippen LogP contribution in [0.15, 0.2) is 47.2 Å². The van der Waals surface area contributed by atoms with Crippen molar-refractivity contribution >= 4 is 21.6 Å². The van der Waals surface area contributed by atoms with Gasteiger partial charge in [0.15, 0.2) is 0 Å². The summed E-state index contributed by atoms with van der Waals surface area (Å²) in [6.07, 6.45) is 3.51. The number of pyridine rings is 1. The van der Waals surface area contributed by atoms with Crippen molar-refractivity contribution < 1.29 is 0 Å². The molecular formula is C13H14BrN3. The molecule has 0 aliphatic heterocycles. The van der Waals surface area contributed by atoms with Crippen LogP contribution in [0.2, 0.25) is 0 Å². The molecule has 1 unspecified atom stereocenters. The van der Waals surface area contributed by atoms with Gasteiger partial charge in [0, 0.05) is 28.1 Å². The number of aromatic nitrogens is 1. The third-order valence-corrected chi connectivity index (χ3v) is 3.22. The average Bonchev–Trinajstić information content (AvgIpc) is 2.35. The Morgan fingerprint density at radius 3 is 2.53 bits per heavy atom. The Morgan fingerprint density at radius 1 is 1.24 bits per heavy atom. The van der Waals surface area contributed by atoms with Crippen molar-refractivity contribution in [3.63, 3.8) is 0 Å². The number of halogens is 1. The molecule has 0 amide bonds. The molecule has 88 valence electrons. The summed E-state index contributed by atoms with van der Waals surface area (Å²) in [5.74, 6) is 0. The molecule has 1 aromatic heterocycles. The van der Waals surface area contributed by atoms with Gasteiger partial charge in [-0.1, -0.05) is 28.1 Å². The number of nitrogens with zero attached hydrogens (tertiary/aromatic N) is 1. The molecule has 1 aromatic carbocycles. The first-order valence-electron chi connectivity index (χ1n) is 5.34. The number of hydrogen-bond donors (Lipinski definition) is 2. The van der Waals surface area contributed by atoms with E-state index >= 15 is 0 Å². The highest BCUT2D eigenvalue weighted by molar-refractivity contribution is 9.10. The van der Waals surface area contributed by atoms with E-state index in [1.54, 1.807) is 12.4 Å². The van der Waals surface area contributed by atoms with Gasteiger partial charge in [0.1, 0.15) is 0 Å². The highest BCUT2D eigenvalue weighted by atomic mass is 79.9. The smallest absolute Gasteiger partial charge is 0.0610 e. The molecule has 0 radical (unpaired) electrons. The Morgan fingerprint density at radius 2 is 1.94 bits per heavy atom. The summed E-state index contributed by atoms with van der Waals surface area (Å²) in [5.41, 5.74) is 8.89. The van der Waals surface area contributed by atoms with E-state index in [0.29, 0.717) is 0 Å². The molecule has 0 aliphatic carbocycles. The van der Waals surface area contributed by atoms with E-state index in [1.807, 2.05) is 25.2 Å². The monoisotopic (exact) mass is 291 g/mol. The largest absolute Gasteiger partial charge is 0.398 e. The van der Waals surface area contributed by atoms with Crippen molar-refractivity contribution in [3.05, 3.63) is 58.3 Å². The number of nitrogens with two attached hydrogens (primary N) is 1. The number of anilines is 1. The average molecular weight is 292 g/mol. The van der Waals surface area contributed by atoms with Gasteiger partial charge in [0.05, 0.1) is 6.04 Å². The molecule has 1 heterocycles. The topological polar surface area (TPSA) is 50.9 Å². The minimum absolute atomic E-state index is 0.0665. The molecule has 0 bridgehead atoms. The number of hydrogen-bond acceptors (Lipinski definition) is 3. The standard InChI is InChI=1S/C13H14BrN3/c1-16-13(9-2-4-10(14)5-3-9)11-8-17-7-6-12(11)15/h2-8,13,16H,1H3,(H2,15,17). The summed E-state index contributed by atoms with van der Waals surface area (Å²) in [5, 5.41) is 3.26. The second-order valence-electron chi connectivity index (χ2n) is 3.78. The Bertz CT molecular complexity index is 496. The fourth-order valence-electron chi connectivity index (χ4n) is 1.82. The van der Waals surface area contributed by atoms with E-state index in [1.165, 1.54) is 0 Å². The van der Waals surface area contributed by atoms with Crippen LogP contribution in [0, 0.1) is 0 Å². The van der Waals surface area contributed by atoms with Crippen LogP contribution < -0.4 is 11.1 Å². The van der Waals surface area contributed by atoms with Gasteiger partial charge in [-0.25, -0.2) is 0 Å². The van der Waals surface area contributed by atoms with Gasteiger partial charge < -0.3 is 11.1 Å². The van der Waals surface area contributed by atoms with Crippen LogP contribution in [-0.4, -0.2) is 12.0 Å². The van der Waals surface area contributed by atoms with Gasteiger partial charge >= 0.3 is 0 Å². The molecular weight excluding hydrogens is 278 g/mol. The molecule has 3 N–H and O–H groups in total. The SMILES string of the molecule is CNC(c1ccc(Br)cc1)c1cnccc1N. The second kappa shape index (κ2) is 5.29. The van der Waals surface area contributed by atoms with Crippen LogP contribution >= 0.6 is 15.9 Å². The molecule has 3 nitrogen and oxygen atoms in total. The predicted octanol–water partition coefficient (Wildman–Crippen LogP) is 2.74. The zero-order valence-corrected chi connectivity index (χ0v) is 11.1. The van der Waals surface area contributed by atoms with E-state index < -0.39 is 0 Å². The van der Waals surface area contributed by atoms with Crippen molar-refractivity contribution in [2.45, 2.75) is 6.04 Å². The summed E-state index contributed by atoms with van der Waals surface area (Å²) < 4.78 is 1.07. The van der Waals surface area contributed by atoms with Crippen molar-refractivity contribution in [2.75, 3.05) is 12.8 Å². The lowest BCUT2D eigenvalue weighted by molar-refractivity contribution is 0.691. The van der Waals surface area contributed by atoms with Crippen molar-refractivity contribution in [2.24, 2.45) is 0 Å². The van der Waals surface area contributed by atoms with Crippen LogP contribution in [0.5, 0.6) is 0 Å². The lowest BCUT2D eigenvalue weighted by atomic mass is 9.99. The van der Waals surface area contributed by atoms with Gasteiger partial charge in [-0.15, -0.1) is 0 Å². The number of rotatable bonds is 3. The zero-order chi connectivity index (χ0) is 12.3. The molecule has 0 spiro atoms. The van der Waals surface area contributed by atoms with Gasteiger partial charge in [-0.3, -0.25) is 4.98 Å². The minimum Gasteiger partial charge on any atom is -0.398 e. The minimum atomic E-state index is 0.0665. The lowest BCUT2D eigenvalue weighted by Gasteiger charge is -2.18. The van der Waals surface area contributed by atoms with Crippen LogP contribution in [0.4, 0.5) is 5.69 Å². The third-order valence-electron chi connectivity index (χ3n) is 2.69. The van der Waals surface area contributed by atoms with Crippen molar-refractivity contribution in [3.8, 4) is 0 Å². The number of nitrogens with one attached hydrogen (secondary N) is 1. The summed E-state index contributed by atoms with van der Waals surface area (Å²) in [6.45, 7) is 0. The maximum absolute atomic E-state index is 5.98. The van der Waals surface area contributed by atoms with Gasteiger partial charge in [0.2, 0.25) is 0 Å². The van der Waals surface area contributed by atoms with E-state index in [-0.39, 0.29) is 6.04 Å². The normalized spacial score (nSPS) is 12.4. The van der Waals surface area contributed by atoms with Crippen LogP contribution in [0.3, 0.4) is 0 Å². The molecule has 0 saturated heterocycles. The second-order valence-corrected chi connectivity index (χ2v) is 4.69. The predicted molar refractivity (Wildman–Crippen MR) is 73.7 cm³/mol. The Kier molecular flexibility index (Phi) is 3.76. The van der Waals surface area contributed by atoms with Gasteiger partial charge in [-0.05, 0) is 30.8 Å². The third kappa shape index (κ3) is 2.65. The highest BCUT2D eigenvalue weighted by Gasteiger charge is 2.14. The highest BCUT2D eigenvalue weighted by Crippen LogP contribution is 2.26. The quantitative estimate of drug-likeness (QED) is 0.914. The molecule has 0 fully saturated rings.